The fraction of sp³-hybridized carbons (Fsp3) is 0.556. The van der Waals surface area contributed by atoms with Gasteiger partial charge in [-0.15, -0.1) is 0 Å². The molecule has 1 aromatic carbocycles. The maximum absolute atomic E-state index is 11.9. The number of urea groups is 1. The molecule has 6 nitrogen and oxygen atoms in total. The van der Waals surface area contributed by atoms with Gasteiger partial charge in [0.05, 0.1) is 6.54 Å². The molecule has 0 spiro atoms. The summed E-state index contributed by atoms with van der Waals surface area (Å²) in [6.45, 7) is 5.68. The molecule has 1 fully saturated rings. The van der Waals surface area contributed by atoms with Crippen molar-refractivity contribution in [2.45, 2.75) is 45.1 Å². The number of ether oxygens (including phenoxy) is 1. The van der Waals surface area contributed by atoms with Crippen molar-refractivity contribution >= 4 is 11.9 Å². The SMILES string of the molecule is CC(C)c1ccccc1OCCNC(=O)N[C@H]1CCCCNC1=O. The van der Waals surface area contributed by atoms with Crippen molar-refractivity contribution in [3.05, 3.63) is 29.8 Å². The molecule has 0 bridgehead atoms. The predicted octanol–water partition coefficient (Wildman–Crippen LogP) is 2.16. The zero-order chi connectivity index (χ0) is 17.4. The number of hydrogen-bond donors (Lipinski definition) is 3. The lowest BCUT2D eigenvalue weighted by Gasteiger charge is -2.16. The van der Waals surface area contributed by atoms with Crippen molar-refractivity contribution in [2.75, 3.05) is 19.7 Å². The van der Waals surface area contributed by atoms with E-state index in [2.05, 4.69) is 29.8 Å². The summed E-state index contributed by atoms with van der Waals surface area (Å²) in [4.78, 5) is 23.7. The number of hydrogen-bond acceptors (Lipinski definition) is 3. The Hall–Kier alpha value is -2.24. The van der Waals surface area contributed by atoms with Gasteiger partial charge in [-0.1, -0.05) is 32.0 Å². The summed E-state index contributed by atoms with van der Waals surface area (Å²) < 4.78 is 5.76. The average Bonchev–Trinajstić information content (AvgIpc) is 2.76. The van der Waals surface area contributed by atoms with E-state index in [0.29, 0.717) is 32.0 Å². The van der Waals surface area contributed by atoms with Crippen LogP contribution in [0.1, 0.15) is 44.6 Å². The molecule has 0 saturated carbocycles. The average molecular weight is 333 g/mol. The maximum Gasteiger partial charge on any atom is 0.315 e. The van der Waals surface area contributed by atoms with E-state index in [1.165, 1.54) is 0 Å². The molecule has 0 aromatic heterocycles. The van der Waals surface area contributed by atoms with E-state index >= 15 is 0 Å². The molecule has 2 rings (SSSR count). The maximum atomic E-state index is 11.9. The van der Waals surface area contributed by atoms with Gasteiger partial charge in [-0.05, 0) is 36.8 Å². The topological polar surface area (TPSA) is 79.5 Å². The summed E-state index contributed by atoms with van der Waals surface area (Å²) in [5, 5.41) is 8.25. The van der Waals surface area contributed by atoms with Gasteiger partial charge >= 0.3 is 6.03 Å². The monoisotopic (exact) mass is 333 g/mol. The molecular formula is C18H27N3O3. The van der Waals surface area contributed by atoms with Crippen LogP contribution < -0.4 is 20.7 Å². The van der Waals surface area contributed by atoms with E-state index in [-0.39, 0.29) is 11.9 Å². The number of carbonyl (C=O) groups is 2. The largest absolute Gasteiger partial charge is 0.491 e. The summed E-state index contributed by atoms with van der Waals surface area (Å²) in [5.74, 6) is 1.12. The molecule has 1 aliphatic heterocycles. The van der Waals surface area contributed by atoms with Gasteiger partial charge in [-0.25, -0.2) is 4.79 Å². The molecule has 3 N–H and O–H groups in total. The number of nitrogens with one attached hydrogen (secondary N) is 3. The highest BCUT2D eigenvalue weighted by Gasteiger charge is 2.22. The highest BCUT2D eigenvalue weighted by molar-refractivity contribution is 5.87. The Labute approximate surface area is 143 Å². The van der Waals surface area contributed by atoms with E-state index in [4.69, 9.17) is 4.74 Å². The summed E-state index contributed by atoms with van der Waals surface area (Å²) in [5.41, 5.74) is 1.15. The Morgan fingerprint density at radius 2 is 2.12 bits per heavy atom. The fourth-order valence-electron chi connectivity index (χ4n) is 2.70. The third-order valence-electron chi connectivity index (χ3n) is 4.03. The van der Waals surface area contributed by atoms with Gasteiger partial charge < -0.3 is 20.7 Å². The van der Waals surface area contributed by atoms with Crippen LogP contribution in [-0.4, -0.2) is 37.7 Å². The molecule has 0 aliphatic carbocycles. The number of benzene rings is 1. The molecule has 1 heterocycles. The molecule has 1 aromatic rings. The lowest BCUT2D eigenvalue weighted by Crippen LogP contribution is -2.49. The van der Waals surface area contributed by atoms with Gasteiger partial charge in [0.1, 0.15) is 18.4 Å². The summed E-state index contributed by atoms with van der Waals surface area (Å²) >= 11 is 0. The Bertz CT molecular complexity index is 560. The van der Waals surface area contributed by atoms with Crippen LogP contribution in [0.2, 0.25) is 0 Å². The first-order valence-electron chi connectivity index (χ1n) is 8.61. The Kier molecular flexibility index (Phi) is 6.90. The smallest absolute Gasteiger partial charge is 0.315 e. The minimum absolute atomic E-state index is 0.107. The van der Waals surface area contributed by atoms with Gasteiger partial charge in [0, 0.05) is 6.54 Å². The molecule has 1 aliphatic rings. The van der Waals surface area contributed by atoms with Crippen LogP contribution in [0.5, 0.6) is 5.75 Å². The Balaban J connectivity index is 1.72. The Morgan fingerprint density at radius 3 is 2.92 bits per heavy atom. The zero-order valence-electron chi connectivity index (χ0n) is 14.4. The highest BCUT2D eigenvalue weighted by Crippen LogP contribution is 2.25. The van der Waals surface area contributed by atoms with E-state index in [0.717, 1.165) is 24.2 Å². The lowest BCUT2D eigenvalue weighted by atomic mass is 10.0. The van der Waals surface area contributed by atoms with Crippen LogP contribution in [0.4, 0.5) is 4.79 Å². The third kappa shape index (κ3) is 5.44. The molecular weight excluding hydrogens is 306 g/mol. The third-order valence-corrected chi connectivity index (χ3v) is 4.03. The second-order valence-electron chi connectivity index (χ2n) is 6.28. The van der Waals surface area contributed by atoms with Crippen LogP contribution in [0.3, 0.4) is 0 Å². The normalized spacial score (nSPS) is 17.8. The molecule has 1 atom stereocenters. The van der Waals surface area contributed by atoms with Crippen LogP contribution in [0.15, 0.2) is 24.3 Å². The van der Waals surface area contributed by atoms with Crippen molar-refractivity contribution in [1.82, 2.24) is 16.0 Å². The van der Waals surface area contributed by atoms with Gasteiger partial charge in [-0.3, -0.25) is 4.79 Å². The molecule has 6 heteroatoms. The molecule has 0 unspecified atom stereocenters. The van der Waals surface area contributed by atoms with Crippen LogP contribution in [0, 0.1) is 0 Å². The first kappa shape index (κ1) is 18.1. The molecule has 0 radical (unpaired) electrons. The van der Waals surface area contributed by atoms with E-state index in [1.54, 1.807) is 0 Å². The standard InChI is InChI=1S/C18H27N3O3/c1-13(2)14-7-3-4-9-16(14)24-12-11-20-18(23)21-15-8-5-6-10-19-17(15)22/h3-4,7,9,13,15H,5-6,8,10-12H2,1-2H3,(H,19,22)(H2,20,21,23)/t15-/m0/s1. The number of carbonyl (C=O) groups excluding carboxylic acids is 2. The molecule has 132 valence electrons. The van der Waals surface area contributed by atoms with Gasteiger partial charge in [-0.2, -0.15) is 0 Å². The molecule has 3 amide bonds. The zero-order valence-corrected chi connectivity index (χ0v) is 14.4. The fourth-order valence-corrected chi connectivity index (χ4v) is 2.70. The minimum atomic E-state index is -0.449. The first-order chi connectivity index (χ1) is 11.6. The van der Waals surface area contributed by atoms with E-state index in [1.807, 2.05) is 24.3 Å². The van der Waals surface area contributed by atoms with Crippen LogP contribution >= 0.6 is 0 Å². The van der Waals surface area contributed by atoms with Gasteiger partial charge in [0.25, 0.3) is 0 Å². The van der Waals surface area contributed by atoms with Crippen molar-refractivity contribution in [3.63, 3.8) is 0 Å². The molecule has 1 saturated heterocycles. The number of amides is 3. The molecule has 24 heavy (non-hydrogen) atoms. The summed E-state index contributed by atoms with van der Waals surface area (Å²) in [6, 6.07) is 7.13. The second kappa shape index (κ2) is 9.15. The highest BCUT2D eigenvalue weighted by atomic mass is 16.5. The van der Waals surface area contributed by atoms with Crippen LogP contribution in [0.25, 0.3) is 0 Å². The first-order valence-corrected chi connectivity index (χ1v) is 8.61. The number of rotatable bonds is 6. The van der Waals surface area contributed by atoms with Gasteiger partial charge in [0.2, 0.25) is 5.91 Å². The van der Waals surface area contributed by atoms with Crippen molar-refractivity contribution in [2.24, 2.45) is 0 Å². The van der Waals surface area contributed by atoms with Gasteiger partial charge in [0.15, 0.2) is 0 Å². The predicted molar refractivity (Wildman–Crippen MR) is 93.2 cm³/mol. The minimum Gasteiger partial charge on any atom is -0.491 e. The van der Waals surface area contributed by atoms with Crippen molar-refractivity contribution < 1.29 is 14.3 Å². The Morgan fingerprint density at radius 1 is 1.33 bits per heavy atom. The van der Waals surface area contributed by atoms with E-state index < -0.39 is 6.04 Å². The summed E-state index contributed by atoms with van der Waals surface area (Å²) in [6.07, 6.45) is 2.56. The van der Waals surface area contributed by atoms with E-state index in [9.17, 15) is 9.59 Å². The van der Waals surface area contributed by atoms with Crippen LogP contribution in [-0.2, 0) is 4.79 Å². The lowest BCUT2D eigenvalue weighted by molar-refractivity contribution is -0.122. The second-order valence-corrected chi connectivity index (χ2v) is 6.28. The van der Waals surface area contributed by atoms with Crippen molar-refractivity contribution in [1.29, 1.82) is 0 Å². The number of para-hydroxylation sites is 1. The quantitative estimate of drug-likeness (QED) is 0.698. The van der Waals surface area contributed by atoms with Crippen molar-refractivity contribution in [3.8, 4) is 5.75 Å². The summed E-state index contributed by atoms with van der Waals surface area (Å²) in [7, 11) is 0.